The van der Waals surface area contributed by atoms with Crippen molar-refractivity contribution in [1.29, 1.82) is 0 Å². The maximum Gasteiger partial charge on any atom is 0.325 e. The molecule has 0 radical (unpaired) electrons. The van der Waals surface area contributed by atoms with Gasteiger partial charge < -0.3 is 10.2 Å². The second kappa shape index (κ2) is 9.11. The molecule has 1 aliphatic rings. The summed E-state index contributed by atoms with van der Waals surface area (Å²) in [5.41, 5.74) is 0.627. The van der Waals surface area contributed by atoms with Gasteiger partial charge in [-0.25, -0.2) is 4.79 Å². The lowest BCUT2D eigenvalue weighted by atomic mass is 9.85. The van der Waals surface area contributed by atoms with Gasteiger partial charge in [0, 0.05) is 12.6 Å². The standard InChI is InChI=1S/C24H29N3O3/c1-4-15-24(20-13-9-6-10-14-20)22(29)27(23(30)25-24)17-21(28)26(18(2)3)16-19-11-7-5-8-12-19/h5-14,18H,4,15-17H2,1-3H3,(H,25,30)/t24-/m0/s1. The van der Waals surface area contributed by atoms with E-state index in [2.05, 4.69) is 5.32 Å². The minimum atomic E-state index is -1.12. The van der Waals surface area contributed by atoms with E-state index in [9.17, 15) is 14.4 Å². The third kappa shape index (κ3) is 4.22. The fourth-order valence-electron chi connectivity index (χ4n) is 3.94. The molecule has 3 rings (SSSR count). The molecule has 2 aromatic rings. The highest BCUT2D eigenvalue weighted by Crippen LogP contribution is 2.33. The third-order valence-corrected chi connectivity index (χ3v) is 5.50. The van der Waals surface area contributed by atoms with Gasteiger partial charge in [0.1, 0.15) is 12.1 Å². The summed E-state index contributed by atoms with van der Waals surface area (Å²) in [7, 11) is 0. The lowest BCUT2D eigenvalue weighted by Crippen LogP contribution is -2.47. The van der Waals surface area contributed by atoms with Gasteiger partial charge in [0.05, 0.1) is 0 Å². The molecule has 2 aromatic carbocycles. The second-order valence-electron chi connectivity index (χ2n) is 7.94. The van der Waals surface area contributed by atoms with E-state index >= 15 is 0 Å². The second-order valence-corrected chi connectivity index (χ2v) is 7.94. The van der Waals surface area contributed by atoms with Crippen molar-refractivity contribution in [2.75, 3.05) is 6.54 Å². The molecule has 0 bridgehead atoms. The topological polar surface area (TPSA) is 69.7 Å². The van der Waals surface area contributed by atoms with E-state index in [1.165, 1.54) is 0 Å². The van der Waals surface area contributed by atoms with Gasteiger partial charge in [-0.15, -0.1) is 0 Å². The van der Waals surface area contributed by atoms with Gasteiger partial charge in [0.15, 0.2) is 0 Å². The number of carbonyl (C=O) groups excluding carboxylic acids is 3. The van der Waals surface area contributed by atoms with E-state index in [0.29, 0.717) is 13.0 Å². The number of nitrogens with one attached hydrogen (secondary N) is 1. The highest BCUT2D eigenvalue weighted by molar-refractivity contribution is 6.09. The molecule has 1 aliphatic heterocycles. The Balaban J connectivity index is 1.82. The Kier molecular flexibility index (Phi) is 6.55. The Hall–Kier alpha value is -3.15. The summed E-state index contributed by atoms with van der Waals surface area (Å²) in [5.74, 6) is -0.616. The Morgan fingerprint density at radius 2 is 1.63 bits per heavy atom. The SMILES string of the molecule is CCC[C@@]1(c2ccccc2)NC(=O)N(CC(=O)N(Cc2ccccc2)C(C)C)C1=O. The Bertz CT molecular complexity index is 898. The number of urea groups is 1. The largest absolute Gasteiger partial charge is 0.334 e. The molecule has 1 atom stereocenters. The van der Waals surface area contributed by atoms with Crippen LogP contribution in [0.5, 0.6) is 0 Å². The summed E-state index contributed by atoms with van der Waals surface area (Å²) < 4.78 is 0. The number of amides is 4. The van der Waals surface area contributed by atoms with Crippen molar-refractivity contribution in [2.24, 2.45) is 0 Å². The van der Waals surface area contributed by atoms with E-state index in [4.69, 9.17) is 0 Å². The third-order valence-electron chi connectivity index (χ3n) is 5.50. The van der Waals surface area contributed by atoms with Crippen LogP contribution >= 0.6 is 0 Å². The molecule has 1 heterocycles. The lowest BCUT2D eigenvalue weighted by molar-refractivity contribution is -0.140. The number of nitrogens with zero attached hydrogens (tertiary/aromatic N) is 2. The maximum absolute atomic E-state index is 13.4. The highest BCUT2D eigenvalue weighted by atomic mass is 16.2. The minimum Gasteiger partial charge on any atom is -0.334 e. The summed E-state index contributed by atoms with van der Waals surface area (Å²) >= 11 is 0. The molecule has 0 spiro atoms. The predicted molar refractivity (Wildman–Crippen MR) is 115 cm³/mol. The Morgan fingerprint density at radius 1 is 1.03 bits per heavy atom. The fourth-order valence-corrected chi connectivity index (χ4v) is 3.94. The summed E-state index contributed by atoms with van der Waals surface area (Å²) in [6, 6.07) is 18.4. The van der Waals surface area contributed by atoms with Crippen LogP contribution in [0.1, 0.15) is 44.7 Å². The Labute approximate surface area is 177 Å². The summed E-state index contributed by atoms with van der Waals surface area (Å²) in [4.78, 5) is 42.0. The average molecular weight is 408 g/mol. The zero-order valence-corrected chi connectivity index (χ0v) is 17.8. The summed E-state index contributed by atoms with van der Waals surface area (Å²) in [6.07, 6.45) is 1.19. The van der Waals surface area contributed by atoms with Crippen LogP contribution < -0.4 is 5.32 Å². The molecule has 0 saturated carbocycles. The predicted octanol–water partition coefficient (Wildman–Crippen LogP) is 3.67. The zero-order chi connectivity index (χ0) is 21.7. The molecule has 0 aliphatic carbocycles. The van der Waals surface area contributed by atoms with Crippen molar-refractivity contribution in [3.63, 3.8) is 0 Å². The van der Waals surface area contributed by atoms with Crippen LogP contribution in [-0.4, -0.2) is 40.2 Å². The lowest BCUT2D eigenvalue weighted by Gasteiger charge is -2.29. The molecular formula is C24H29N3O3. The molecule has 0 unspecified atom stereocenters. The zero-order valence-electron chi connectivity index (χ0n) is 17.8. The van der Waals surface area contributed by atoms with Crippen LogP contribution in [0.4, 0.5) is 4.79 Å². The maximum atomic E-state index is 13.4. The smallest absolute Gasteiger partial charge is 0.325 e. The van der Waals surface area contributed by atoms with Gasteiger partial charge in [-0.2, -0.15) is 0 Å². The minimum absolute atomic E-state index is 0.0620. The highest BCUT2D eigenvalue weighted by Gasteiger charge is 2.52. The van der Waals surface area contributed by atoms with Crippen LogP contribution in [0, 0.1) is 0 Å². The molecule has 6 heteroatoms. The summed E-state index contributed by atoms with van der Waals surface area (Å²) in [6.45, 7) is 5.99. The van der Waals surface area contributed by atoms with E-state index < -0.39 is 11.6 Å². The number of rotatable bonds is 8. The van der Waals surface area contributed by atoms with E-state index in [1.807, 2.05) is 81.4 Å². The van der Waals surface area contributed by atoms with Gasteiger partial charge in [0.25, 0.3) is 5.91 Å². The number of benzene rings is 2. The van der Waals surface area contributed by atoms with Gasteiger partial charge in [0.2, 0.25) is 5.91 Å². The first-order valence-corrected chi connectivity index (χ1v) is 10.4. The van der Waals surface area contributed by atoms with E-state index in [1.54, 1.807) is 4.90 Å². The molecule has 1 saturated heterocycles. The number of carbonyl (C=O) groups is 3. The van der Waals surface area contributed by atoms with Gasteiger partial charge in [-0.05, 0) is 31.4 Å². The molecule has 4 amide bonds. The van der Waals surface area contributed by atoms with Crippen molar-refractivity contribution in [1.82, 2.24) is 15.1 Å². The molecule has 6 nitrogen and oxygen atoms in total. The normalized spacial score (nSPS) is 18.6. The van der Waals surface area contributed by atoms with E-state index in [-0.39, 0.29) is 24.4 Å². The monoisotopic (exact) mass is 407 g/mol. The number of hydrogen-bond donors (Lipinski definition) is 1. The van der Waals surface area contributed by atoms with Crippen molar-refractivity contribution in [3.8, 4) is 0 Å². The number of imide groups is 1. The first-order valence-electron chi connectivity index (χ1n) is 10.4. The molecule has 0 aromatic heterocycles. The van der Waals surface area contributed by atoms with Crippen molar-refractivity contribution in [2.45, 2.75) is 51.7 Å². The van der Waals surface area contributed by atoms with E-state index in [0.717, 1.165) is 22.4 Å². The van der Waals surface area contributed by atoms with Crippen LogP contribution in [0.2, 0.25) is 0 Å². The summed E-state index contributed by atoms with van der Waals surface area (Å²) in [5, 5.41) is 2.87. The quantitative estimate of drug-likeness (QED) is 0.679. The van der Waals surface area contributed by atoms with Crippen molar-refractivity contribution >= 4 is 17.8 Å². The van der Waals surface area contributed by atoms with Crippen molar-refractivity contribution < 1.29 is 14.4 Å². The van der Waals surface area contributed by atoms with Gasteiger partial charge in [-0.1, -0.05) is 74.0 Å². The van der Waals surface area contributed by atoms with Crippen LogP contribution in [0.3, 0.4) is 0 Å². The Morgan fingerprint density at radius 3 is 2.20 bits per heavy atom. The van der Waals surface area contributed by atoms with Crippen LogP contribution in [0.15, 0.2) is 60.7 Å². The fraction of sp³-hybridized carbons (Fsp3) is 0.375. The molecule has 1 N–H and O–H groups in total. The molecule has 30 heavy (non-hydrogen) atoms. The van der Waals surface area contributed by atoms with Crippen molar-refractivity contribution in [3.05, 3.63) is 71.8 Å². The van der Waals surface area contributed by atoms with Crippen LogP contribution in [-0.2, 0) is 21.7 Å². The first-order chi connectivity index (χ1) is 14.4. The van der Waals surface area contributed by atoms with Gasteiger partial charge in [-0.3, -0.25) is 14.5 Å². The van der Waals surface area contributed by atoms with Gasteiger partial charge >= 0.3 is 6.03 Å². The van der Waals surface area contributed by atoms with Crippen LogP contribution in [0.25, 0.3) is 0 Å². The number of hydrogen-bond acceptors (Lipinski definition) is 3. The molecule has 1 fully saturated rings. The molecule has 158 valence electrons. The first kappa shape index (κ1) is 21.6. The average Bonchev–Trinajstić information content (AvgIpc) is 2.98. The molecular weight excluding hydrogens is 378 g/mol.